The summed E-state index contributed by atoms with van der Waals surface area (Å²) in [5.74, 6) is 0.242. The molecule has 1 rings (SSSR count). The molecule has 1 aromatic carbocycles. The highest BCUT2D eigenvalue weighted by molar-refractivity contribution is 14.0. The molecule has 0 aliphatic heterocycles. The number of hydrogen-bond acceptors (Lipinski definition) is 3. The number of nitrogens with zero attached hydrogens (tertiary/aromatic N) is 1. The molecule has 0 saturated heterocycles. The molecular formula is C10H14INO2. The van der Waals surface area contributed by atoms with E-state index in [1.165, 1.54) is 12.1 Å². The fraction of sp³-hybridized carbons (Fsp3) is 0.300. The molecule has 0 bridgehead atoms. The van der Waals surface area contributed by atoms with Gasteiger partial charge in [0.1, 0.15) is 5.75 Å². The number of benzene rings is 1. The summed E-state index contributed by atoms with van der Waals surface area (Å²) < 4.78 is 0. The van der Waals surface area contributed by atoms with Crippen molar-refractivity contribution >= 4 is 29.8 Å². The SMILES string of the molecule is CN(C)CC(=O)c1ccc(O)cc1.I. The number of Topliss-reactive ketones (excluding diaryl/α,β-unsaturated/α-hetero) is 1. The van der Waals surface area contributed by atoms with E-state index in [4.69, 9.17) is 5.11 Å². The predicted octanol–water partition coefficient (Wildman–Crippen LogP) is 1.75. The molecule has 14 heavy (non-hydrogen) atoms. The minimum atomic E-state index is 0. The third-order valence-electron chi connectivity index (χ3n) is 1.65. The van der Waals surface area contributed by atoms with Gasteiger partial charge in [0, 0.05) is 5.56 Å². The summed E-state index contributed by atoms with van der Waals surface area (Å²) in [5, 5.41) is 9.00. The number of likely N-dealkylation sites (N-methyl/N-ethyl adjacent to an activating group) is 1. The van der Waals surface area contributed by atoms with Gasteiger partial charge in [-0.25, -0.2) is 0 Å². The van der Waals surface area contributed by atoms with Gasteiger partial charge in [-0.05, 0) is 38.4 Å². The Kier molecular flexibility index (Phi) is 5.71. The van der Waals surface area contributed by atoms with Crippen molar-refractivity contribution in [3.8, 4) is 5.75 Å². The minimum Gasteiger partial charge on any atom is -0.508 e. The van der Waals surface area contributed by atoms with Gasteiger partial charge in [0.2, 0.25) is 0 Å². The van der Waals surface area contributed by atoms with Crippen LogP contribution in [0, 0.1) is 0 Å². The van der Waals surface area contributed by atoms with Crippen molar-refractivity contribution in [2.75, 3.05) is 20.6 Å². The van der Waals surface area contributed by atoms with Crippen LogP contribution < -0.4 is 0 Å². The Labute approximate surface area is 101 Å². The van der Waals surface area contributed by atoms with Crippen molar-refractivity contribution in [3.05, 3.63) is 29.8 Å². The van der Waals surface area contributed by atoms with Crippen LogP contribution in [0.25, 0.3) is 0 Å². The van der Waals surface area contributed by atoms with E-state index in [1.54, 1.807) is 12.1 Å². The lowest BCUT2D eigenvalue weighted by Gasteiger charge is -2.07. The molecule has 0 amide bonds. The standard InChI is InChI=1S/C10H13NO2.HI/c1-11(2)7-10(13)8-3-5-9(12)6-4-8;/h3-6,12H,7H2,1-2H3;1H. The maximum Gasteiger partial charge on any atom is 0.176 e. The van der Waals surface area contributed by atoms with Gasteiger partial charge in [-0.1, -0.05) is 0 Å². The lowest BCUT2D eigenvalue weighted by Crippen LogP contribution is -2.21. The van der Waals surface area contributed by atoms with Gasteiger partial charge in [-0.3, -0.25) is 4.79 Å². The number of rotatable bonds is 3. The summed E-state index contributed by atoms with van der Waals surface area (Å²) in [6.45, 7) is 0.394. The Balaban J connectivity index is 0.00000169. The lowest BCUT2D eigenvalue weighted by molar-refractivity contribution is 0.0958. The molecule has 4 heteroatoms. The summed E-state index contributed by atoms with van der Waals surface area (Å²) >= 11 is 0. The number of phenols is 1. The van der Waals surface area contributed by atoms with Gasteiger partial charge in [-0.15, -0.1) is 24.0 Å². The molecule has 0 fully saturated rings. The third-order valence-corrected chi connectivity index (χ3v) is 1.65. The van der Waals surface area contributed by atoms with Crippen LogP contribution in [-0.2, 0) is 0 Å². The smallest absolute Gasteiger partial charge is 0.176 e. The monoisotopic (exact) mass is 307 g/mol. The molecule has 0 heterocycles. The summed E-state index contributed by atoms with van der Waals surface area (Å²) in [7, 11) is 3.69. The molecule has 78 valence electrons. The molecule has 1 N–H and O–H groups in total. The van der Waals surface area contributed by atoms with Gasteiger partial charge in [0.15, 0.2) is 5.78 Å². The van der Waals surface area contributed by atoms with E-state index in [-0.39, 0.29) is 35.5 Å². The van der Waals surface area contributed by atoms with Crippen LogP contribution in [0.2, 0.25) is 0 Å². The molecule has 0 spiro atoms. The van der Waals surface area contributed by atoms with Gasteiger partial charge in [-0.2, -0.15) is 0 Å². The van der Waals surface area contributed by atoms with E-state index >= 15 is 0 Å². The van der Waals surface area contributed by atoms with E-state index in [1.807, 2.05) is 19.0 Å². The molecule has 0 aromatic heterocycles. The normalized spacial score (nSPS) is 9.64. The fourth-order valence-electron chi connectivity index (χ4n) is 1.03. The van der Waals surface area contributed by atoms with Gasteiger partial charge >= 0.3 is 0 Å². The van der Waals surface area contributed by atoms with Crippen molar-refractivity contribution in [1.29, 1.82) is 0 Å². The Bertz CT molecular complexity index is 295. The topological polar surface area (TPSA) is 40.5 Å². The average molecular weight is 307 g/mol. The first-order valence-corrected chi connectivity index (χ1v) is 4.06. The Hall–Kier alpha value is -0.620. The Morgan fingerprint density at radius 1 is 1.29 bits per heavy atom. The van der Waals surface area contributed by atoms with Crippen LogP contribution in [-0.4, -0.2) is 36.4 Å². The van der Waals surface area contributed by atoms with E-state index in [0.29, 0.717) is 12.1 Å². The molecule has 0 unspecified atom stereocenters. The highest BCUT2D eigenvalue weighted by Crippen LogP contribution is 2.10. The van der Waals surface area contributed by atoms with Gasteiger partial charge in [0.05, 0.1) is 6.54 Å². The summed E-state index contributed by atoms with van der Waals surface area (Å²) in [6, 6.07) is 6.29. The van der Waals surface area contributed by atoms with Crippen LogP contribution in [0.4, 0.5) is 0 Å². The molecule has 0 atom stereocenters. The van der Waals surface area contributed by atoms with Crippen LogP contribution in [0.5, 0.6) is 5.75 Å². The zero-order valence-electron chi connectivity index (χ0n) is 8.23. The third kappa shape index (κ3) is 4.06. The highest BCUT2D eigenvalue weighted by Gasteiger charge is 2.05. The fourth-order valence-corrected chi connectivity index (χ4v) is 1.03. The van der Waals surface area contributed by atoms with E-state index in [9.17, 15) is 4.79 Å². The lowest BCUT2D eigenvalue weighted by atomic mass is 10.1. The maximum absolute atomic E-state index is 11.4. The molecular weight excluding hydrogens is 293 g/mol. The molecule has 1 aromatic rings. The van der Waals surface area contributed by atoms with Crippen LogP contribution >= 0.6 is 24.0 Å². The van der Waals surface area contributed by atoms with E-state index < -0.39 is 0 Å². The van der Waals surface area contributed by atoms with Crippen molar-refractivity contribution < 1.29 is 9.90 Å². The number of phenolic OH excluding ortho intramolecular Hbond substituents is 1. The van der Waals surface area contributed by atoms with Crippen molar-refractivity contribution in [3.63, 3.8) is 0 Å². The molecule has 0 radical (unpaired) electrons. The zero-order valence-corrected chi connectivity index (χ0v) is 10.6. The maximum atomic E-state index is 11.4. The van der Waals surface area contributed by atoms with Crippen molar-refractivity contribution in [2.45, 2.75) is 0 Å². The quantitative estimate of drug-likeness (QED) is 0.683. The summed E-state index contributed by atoms with van der Waals surface area (Å²) in [4.78, 5) is 13.3. The number of carbonyl (C=O) groups excluding carboxylic acids is 1. The second-order valence-corrected chi connectivity index (χ2v) is 3.21. The average Bonchev–Trinajstić information content (AvgIpc) is 2.04. The first-order chi connectivity index (χ1) is 6.09. The van der Waals surface area contributed by atoms with Crippen molar-refractivity contribution in [2.24, 2.45) is 0 Å². The summed E-state index contributed by atoms with van der Waals surface area (Å²) in [5.41, 5.74) is 0.631. The number of hydrogen-bond donors (Lipinski definition) is 1. The molecule has 0 aliphatic rings. The second-order valence-electron chi connectivity index (χ2n) is 3.21. The predicted molar refractivity (Wildman–Crippen MR) is 66.4 cm³/mol. The molecule has 0 saturated carbocycles. The van der Waals surface area contributed by atoms with Crippen LogP contribution in [0.3, 0.4) is 0 Å². The van der Waals surface area contributed by atoms with Crippen LogP contribution in [0.15, 0.2) is 24.3 Å². The first kappa shape index (κ1) is 13.4. The Morgan fingerprint density at radius 3 is 2.21 bits per heavy atom. The minimum absolute atomic E-state index is 0. The highest BCUT2D eigenvalue weighted by atomic mass is 127. The summed E-state index contributed by atoms with van der Waals surface area (Å²) in [6.07, 6.45) is 0. The number of halogens is 1. The number of carbonyl (C=O) groups is 1. The molecule has 0 aliphatic carbocycles. The number of ketones is 1. The van der Waals surface area contributed by atoms with Gasteiger partial charge < -0.3 is 10.0 Å². The van der Waals surface area contributed by atoms with Crippen LogP contribution in [0.1, 0.15) is 10.4 Å². The largest absolute Gasteiger partial charge is 0.508 e. The zero-order chi connectivity index (χ0) is 9.84. The van der Waals surface area contributed by atoms with Crippen molar-refractivity contribution in [1.82, 2.24) is 4.90 Å². The van der Waals surface area contributed by atoms with Gasteiger partial charge in [0.25, 0.3) is 0 Å². The van der Waals surface area contributed by atoms with E-state index in [0.717, 1.165) is 0 Å². The number of aromatic hydroxyl groups is 1. The second kappa shape index (κ2) is 5.98. The van der Waals surface area contributed by atoms with E-state index in [2.05, 4.69) is 0 Å². The first-order valence-electron chi connectivity index (χ1n) is 4.06. The Morgan fingerprint density at radius 2 is 1.79 bits per heavy atom. The molecule has 3 nitrogen and oxygen atoms in total.